The summed E-state index contributed by atoms with van der Waals surface area (Å²) in [5, 5.41) is 3.91. The fourth-order valence-corrected chi connectivity index (χ4v) is 6.58. The Hall–Kier alpha value is -1.54. The molecular weight excluding hydrogens is 500 g/mol. The van der Waals surface area contributed by atoms with Crippen LogP contribution in [-0.2, 0) is 9.53 Å². The number of nitrogens with zero attached hydrogens (tertiary/aromatic N) is 2. The van der Waals surface area contributed by atoms with Crippen LogP contribution in [0.4, 0.5) is 0 Å². The molecule has 5 heterocycles. The average Bonchev–Trinajstić information content (AvgIpc) is 3.37. The molecule has 5 nitrogen and oxygen atoms in total. The number of ether oxygens (including phenoxy) is 1. The zero-order valence-corrected chi connectivity index (χ0v) is 21.4. The predicted octanol–water partition coefficient (Wildman–Crippen LogP) is 1.31. The van der Waals surface area contributed by atoms with Crippen molar-refractivity contribution in [3.8, 4) is 0 Å². The fraction of sp³-hybridized carbons (Fsp3) is 0.538. The molecule has 4 saturated heterocycles. The minimum Gasteiger partial charge on any atom is -1.00 e. The standard InChI is InChI=1S/C26H33N2O3S.BrH/c29-23(22-11-16-32-19-22)17-28-14-9-20(10-15-28)24(18-28)31-26(30)25(21-7-3-1-4-8-21)27-12-5-2-6-13-27;/h1,3-4,7-8,11,16,19-20,24-25H,2,5-6,9-10,12-15,17-18H2;1H/q+1;/p-1/t20?,24-,25-,28?;/m0./s1. The smallest absolute Gasteiger partial charge is 0.328 e. The van der Waals surface area contributed by atoms with Gasteiger partial charge in [-0.1, -0.05) is 36.8 Å². The van der Waals surface area contributed by atoms with Gasteiger partial charge in [0.2, 0.25) is 5.78 Å². The zero-order chi connectivity index (χ0) is 22.0. The molecule has 33 heavy (non-hydrogen) atoms. The molecule has 2 bridgehead atoms. The van der Waals surface area contributed by atoms with Crippen LogP contribution in [0.1, 0.15) is 54.1 Å². The van der Waals surface area contributed by atoms with E-state index in [-0.39, 0.29) is 40.9 Å². The number of benzene rings is 1. The second-order valence-electron chi connectivity index (χ2n) is 9.79. The summed E-state index contributed by atoms with van der Waals surface area (Å²) in [5.41, 5.74) is 1.84. The van der Waals surface area contributed by atoms with Crippen molar-refractivity contribution >= 4 is 23.1 Å². The highest BCUT2D eigenvalue weighted by molar-refractivity contribution is 7.08. The minimum atomic E-state index is -0.326. The van der Waals surface area contributed by atoms with Gasteiger partial charge in [-0.3, -0.25) is 9.69 Å². The highest BCUT2D eigenvalue weighted by Gasteiger charge is 2.49. The number of Topliss-reactive ketones (excluding diaryl/α,β-unsaturated/α-hetero) is 1. The van der Waals surface area contributed by atoms with E-state index in [0.29, 0.717) is 12.5 Å². The first-order valence-electron chi connectivity index (χ1n) is 12.0. The van der Waals surface area contributed by atoms with Gasteiger partial charge in [0.1, 0.15) is 19.1 Å². The lowest BCUT2D eigenvalue weighted by atomic mass is 9.82. The number of thiophene rings is 1. The molecule has 4 aliphatic rings. The maximum atomic E-state index is 13.6. The van der Waals surface area contributed by atoms with Gasteiger partial charge >= 0.3 is 5.97 Å². The molecule has 4 aliphatic heterocycles. The molecule has 0 unspecified atom stereocenters. The second-order valence-corrected chi connectivity index (χ2v) is 10.6. The first-order valence-corrected chi connectivity index (χ1v) is 13.0. The first kappa shape index (κ1) is 24.6. The van der Waals surface area contributed by atoms with E-state index in [2.05, 4.69) is 4.90 Å². The van der Waals surface area contributed by atoms with Crippen molar-refractivity contribution in [1.82, 2.24) is 4.90 Å². The molecule has 0 spiro atoms. The Bertz CT molecular complexity index is 922. The topological polar surface area (TPSA) is 46.6 Å². The van der Waals surface area contributed by atoms with Gasteiger partial charge in [-0.05, 0) is 42.9 Å². The van der Waals surface area contributed by atoms with Crippen LogP contribution in [0.15, 0.2) is 47.2 Å². The van der Waals surface area contributed by atoms with Gasteiger partial charge in [-0.15, -0.1) is 0 Å². The summed E-state index contributed by atoms with van der Waals surface area (Å²) in [4.78, 5) is 28.7. The summed E-state index contributed by atoms with van der Waals surface area (Å²) >= 11 is 1.57. The minimum absolute atomic E-state index is 0. The molecule has 2 atom stereocenters. The maximum Gasteiger partial charge on any atom is 0.328 e. The lowest BCUT2D eigenvalue weighted by Gasteiger charge is -2.51. The van der Waals surface area contributed by atoms with Crippen LogP contribution in [0.3, 0.4) is 0 Å². The van der Waals surface area contributed by atoms with E-state index in [4.69, 9.17) is 4.74 Å². The van der Waals surface area contributed by atoms with Crippen molar-refractivity contribution < 1.29 is 35.8 Å². The summed E-state index contributed by atoms with van der Waals surface area (Å²) in [6.07, 6.45) is 5.48. The Morgan fingerprint density at radius 2 is 1.79 bits per heavy atom. The number of hydrogen-bond acceptors (Lipinski definition) is 5. The summed E-state index contributed by atoms with van der Waals surface area (Å²) in [5.74, 6) is 0.527. The van der Waals surface area contributed by atoms with Crippen LogP contribution in [0, 0.1) is 5.92 Å². The molecular formula is C26H33BrN2O3S. The quantitative estimate of drug-likeness (QED) is 0.306. The number of halogens is 1. The van der Waals surface area contributed by atoms with Crippen molar-refractivity contribution in [1.29, 1.82) is 0 Å². The number of esters is 1. The molecule has 178 valence electrons. The summed E-state index contributed by atoms with van der Waals surface area (Å²) in [7, 11) is 0. The van der Waals surface area contributed by atoms with Crippen molar-refractivity contribution in [2.24, 2.45) is 5.92 Å². The molecule has 0 N–H and O–H groups in total. The van der Waals surface area contributed by atoms with Crippen molar-refractivity contribution in [2.45, 2.75) is 44.2 Å². The molecule has 4 fully saturated rings. The molecule has 0 amide bonds. The van der Waals surface area contributed by atoms with E-state index >= 15 is 0 Å². The largest absolute Gasteiger partial charge is 1.00 e. The number of piperidine rings is 4. The van der Waals surface area contributed by atoms with Gasteiger partial charge in [0.25, 0.3) is 0 Å². The number of ketones is 1. The van der Waals surface area contributed by atoms with Crippen LogP contribution in [-0.4, -0.2) is 66.5 Å². The predicted molar refractivity (Wildman–Crippen MR) is 126 cm³/mol. The van der Waals surface area contributed by atoms with E-state index in [0.717, 1.165) is 74.0 Å². The summed E-state index contributed by atoms with van der Waals surface area (Å²) in [6, 6.07) is 11.7. The molecule has 0 saturated carbocycles. The van der Waals surface area contributed by atoms with Gasteiger partial charge in [-0.25, -0.2) is 4.79 Å². The molecule has 0 radical (unpaired) electrons. The van der Waals surface area contributed by atoms with E-state index < -0.39 is 0 Å². The van der Waals surface area contributed by atoms with Crippen LogP contribution >= 0.6 is 11.3 Å². The normalized spacial score (nSPS) is 28.0. The molecule has 7 heteroatoms. The Labute approximate surface area is 211 Å². The van der Waals surface area contributed by atoms with Gasteiger partial charge in [-0.2, -0.15) is 11.3 Å². The maximum absolute atomic E-state index is 13.6. The van der Waals surface area contributed by atoms with Gasteiger partial charge < -0.3 is 26.2 Å². The third kappa shape index (κ3) is 5.42. The van der Waals surface area contributed by atoms with E-state index in [1.807, 2.05) is 47.2 Å². The molecule has 1 aromatic carbocycles. The fourth-order valence-electron chi connectivity index (χ4n) is 5.92. The number of likely N-dealkylation sites (tertiary alicyclic amines) is 1. The van der Waals surface area contributed by atoms with Crippen LogP contribution in [0.5, 0.6) is 0 Å². The molecule has 6 rings (SSSR count). The monoisotopic (exact) mass is 532 g/mol. The number of hydrogen-bond donors (Lipinski definition) is 0. The summed E-state index contributed by atoms with van der Waals surface area (Å²) in [6.45, 7) is 5.21. The number of fused-ring (bicyclic) bond motifs is 3. The lowest BCUT2D eigenvalue weighted by molar-refractivity contribution is -0.938. The number of carbonyl (C=O) groups is 2. The Morgan fingerprint density at radius 1 is 1.06 bits per heavy atom. The first-order chi connectivity index (χ1) is 15.6. The van der Waals surface area contributed by atoms with Crippen molar-refractivity contribution in [3.05, 3.63) is 58.3 Å². The number of carbonyl (C=O) groups excluding carboxylic acids is 2. The van der Waals surface area contributed by atoms with E-state index in [9.17, 15) is 9.59 Å². The summed E-state index contributed by atoms with van der Waals surface area (Å²) < 4.78 is 7.05. The Kier molecular flexibility index (Phi) is 8.05. The van der Waals surface area contributed by atoms with Gasteiger partial charge in [0.15, 0.2) is 6.10 Å². The van der Waals surface area contributed by atoms with E-state index in [1.54, 1.807) is 11.3 Å². The molecule has 2 aromatic rings. The highest BCUT2D eigenvalue weighted by atomic mass is 79.9. The van der Waals surface area contributed by atoms with Crippen molar-refractivity contribution in [2.75, 3.05) is 39.3 Å². The Balaban J connectivity index is 0.00000259. The lowest BCUT2D eigenvalue weighted by Crippen LogP contribution is -3.00. The highest BCUT2D eigenvalue weighted by Crippen LogP contribution is 2.37. The van der Waals surface area contributed by atoms with Crippen LogP contribution in [0.2, 0.25) is 0 Å². The van der Waals surface area contributed by atoms with Gasteiger partial charge in [0, 0.05) is 29.7 Å². The third-order valence-electron chi connectivity index (χ3n) is 7.73. The zero-order valence-electron chi connectivity index (χ0n) is 19.0. The molecule has 1 aromatic heterocycles. The van der Waals surface area contributed by atoms with Crippen molar-refractivity contribution in [3.63, 3.8) is 0 Å². The van der Waals surface area contributed by atoms with Gasteiger partial charge in [0.05, 0.1) is 13.1 Å². The van der Waals surface area contributed by atoms with Crippen LogP contribution < -0.4 is 17.0 Å². The second kappa shape index (κ2) is 10.8. The number of quaternary nitrogens is 1. The molecule has 0 aliphatic carbocycles. The Morgan fingerprint density at radius 3 is 2.45 bits per heavy atom. The van der Waals surface area contributed by atoms with E-state index in [1.165, 1.54) is 6.42 Å². The van der Waals surface area contributed by atoms with Crippen LogP contribution in [0.25, 0.3) is 0 Å². The number of rotatable bonds is 7. The SMILES string of the molecule is O=C(C[N+]12CCC(CC1)[C@@H](OC(=O)[C@H](c1ccccc1)N1CCCCC1)C2)c1ccsc1.[Br-]. The average molecular weight is 534 g/mol. The third-order valence-corrected chi connectivity index (χ3v) is 8.41.